The number of phenolic OH excluding ortho intramolecular Hbond substituents is 1. The van der Waals surface area contributed by atoms with Gasteiger partial charge in [-0.2, -0.15) is 5.10 Å². The second-order valence-corrected chi connectivity index (χ2v) is 5.70. The highest BCUT2D eigenvalue weighted by atomic mass is 16.3. The molecule has 1 atom stereocenters. The fourth-order valence-electron chi connectivity index (χ4n) is 2.55. The summed E-state index contributed by atoms with van der Waals surface area (Å²) in [6.45, 7) is 3.49. The molecule has 2 aromatic carbocycles. The van der Waals surface area contributed by atoms with Gasteiger partial charge in [-0.05, 0) is 30.2 Å². The van der Waals surface area contributed by atoms with Crippen LogP contribution in [0.1, 0.15) is 25.8 Å². The van der Waals surface area contributed by atoms with Crippen molar-refractivity contribution in [2.45, 2.75) is 25.8 Å². The van der Waals surface area contributed by atoms with Crippen molar-refractivity contribution in [2.24, 2.45) is 5.10 Å². The molecular formula is C17H17N3O3. The molecule has 6 nitrogen and oxygen atoms in total. The first-order chi connectivity index (χ1) is 11.0. The maximum atomic E-state index is 12.3. The molecule has 6 heteroatoms. The molecule has 0 unspecified atom stereocenters. The van der Waals surface area contributed by atoms with Crippen molar-refractivity contribution in [3.63, 3.8) is 0 Å². The maximum Gasteiger partial charge on any atom is 0.346 e. The number of nitrogens with one attached hydrogen (secondary N) is 1. The van der Waals surface area contributed by atoms with Gasteiger partial charge < -0.3 is 10.4 Å². The van der Waals surface area contributed by atoms with Crippen molar-refractivity contribution in [3.8, 4) is 5.75 Å². The van der Waals surface area contributed by atoms with Gasteiger partial charge >= 0.3 is 6.03 Å². The average molecular weight is 311 g/mol. The van der Waals surface area contributed by atoms with Crippen LogP contribution in [0.3, 0.4) is 0 Å². The lowest BCUT2D eigenvalue weighted by molar-refractivity contribution is -0.130. The van der Waals surface area contributed by atoms with Crippen molar-refractivity contribution in [1.29, 1.82) is 0 Å². The third-order valence-corrected chi connectivity index (χ3v) is 4.20. The van der Waals surface area contributed by atoms with E-state index in [1.807, 2.05) is 31.2 Å². The van der Waals surface area contributed by atoms with E-state index < -0.39 is 17.5 Å². The monoisotopic (exact) mass is 311 g/mol. The first kappa shape index (κ1) is 15.0. The number of urea groups is 1. The van der Waals surface area contributed by atoms with Gasteiger partial charge in [0.15, 0.2) is 0 Å². The summed E-state index contributed by atoms with van der Waals surface area (Å²) >= 11 is 0. The number of hydrazone groups is 1. The van der Waals surface area contributed by atoms with Gasteiger partial charge in [-0.25, -0.2) is 4.79 Å². The number of rotatable bonds is 3. The Morgan fingerprint density at radius 1 is 1.26 bits per heavy atom. The molecule has 0 aromatic heterocycles. The highest BCUT2D eigenvalue weighted by Gasteiger charge is 2.46. The van der Waals surface area contributed by atoms with Crippen molar-refractivity contribution in [1.82, 2.24) is 10.3 Å². The molecule has 118 valence electrons. The van der Waals surface area contributed by atoms with E-state index in [0.29, 0.717) is 12.0 Å². The van der Waals surface area contributed by atoms with Crippen LogP contribution in [0.15, 0.2) is 41.5 Å². The molecule has 3 rings (SSSR count). The Labute approximate surface area is 133 Å². The average Bonchev–Trinajstić information content (AvgIpc) is 2.77. The lowest BCUT2D eigenvalue weighted by atomic mass is 10.00. The minimum atomic E-state index is -0.935. The van der Waals surface area contributed by atoms with Crippen molar-refractivity contribution < 1.29 is 14.7 Å². The molecule has 1 heterocycles. The van der Waals surface area contributed by atoms with Gasteiger partial charge in [0.05, 0.1) is 6.21 Å². The Morgan fingerprint density at radius 3 is 2.70 bits per heavy atom. The second kappa shape index (κ2) is 5.39. The van der Waals surface area contributed by atoms with E-state index in [-0.39, 0.29) is 5.75 Å². The zero-order chi connectivity index (χ0) is 16.6. The van der Waals surface area contributed by atoms with Gasteiger partial charge in [0.1, 0.15) is 11.3 Å². The van der Waals surface area contributed by atoms with E-state index >= 15 is 0 Å². The van der Waals surface area contributed by atoms with Crippen LogP contribution in [0.25, 0.3) is 10.8 Å². The van der Waals surface area contributed by atoms with Crippen LogP contribution < -0.4 is 5.32 Å². The molecule has 23 heavy (non-hydrogen) atoms. The molecule has 0 radical (unpaired) electrons. The van der Waals surface area contributed by atoms with Crippen LogP contribution in [0.5, 0.6) is 5.75 Å². The highest BCUT2D eigenvalue weighted by molar-refractivity contribution is 6.08. The molecule has 1 saturated heterocycles. The molecule has 3 amide bonds. The number of hydrogen-bond donors (Lipinski definition) is 2. The summed E-state index contributed by atoms with van der Waals surface area (Å²) in [6, 6.07) is 10.3. The molecule has 0 aliphatic carbocycles. The van der Waals surface area contributed by atoms with E-state index in [4.69, 9.17) is 0 Å². The standard InChI is InChI=1S/C17H17N3O3/c1-3-17(2)15(22)20(16(23)19-17)18-10-13-12-7-5-4-6-11(12)8-9-14(13)21/h4-10,21H,3H2,1-2H3,(H,19,23)/b18-10+/t17-/m0/s1. The third-order valence-electron chi connectivity index (χ3n) is 4.20. The number of aromatic hydroxyl groups is 1. The Hall–Kier alpha value is -2.89. The van der Waals surface area contributed by atoms with Crippen LogP contribution in [-0.2, 0) is 4.79 Å². The summed E-state index contributed by atoms with van der Waals surface area (Å²) in [5.74, 6) is -0.362. The first-order valence-corrected chi connectivity index (χ1v) is 7.37. The van der Waals surface area contributed by atoms with Gasteiger partial charge in [0.25, 0.3) is 5.91 Å². The molecule has 0 spiro atoms. The maximum absolute atomic E-state index is 12.3. The Balaban J connectivity index is 2.00. The zero-order valence-corrected chi connectivity index (χ0v) is 12.9. The summed E-state index contributed by atoms with van der Waals surface area (Å²) in [5, 5.41) is 19.2. The number of carbonyl (C=O) groups is 2. The van der Waals surface area contributed by atoms with Crippen LogP contribution in [0.2, 0.25) is 0 Å². The highest BCUT2D eigenvalue weighted by Crippen LogP contribution is 2.26. The zero-order valence-electron chi connectivity index (χ0n) is 12.9. The number of carbonyl (C=O) groups excluding carboxylic acids is 2. The summed E-state index contributed by atoms with van der Waals surface area (Å²) < 4.78 is 0. The number of amides is 3. The Kier molecular flexibility index (Phi) is 3.52. The quantitative estimate of drug-likeness (QED) is 0.675. The predicted molar refractivity (Wildman–Crippen MR) is 87.3 cm³/mol. The summed E-state index contributed by atoms with van der Waals surface area (Å²) in [4.78, 5) is 24.3. The van der Waals surface area contributed by atoms with Gasteiger partial charge in [0.2, 0.25) is 0 Å². The normalized spacial score (nSPS) is 21.4. The number of phenols is 1. The van der Waals surface area contributed by atoms with Crippen LogP contribution in [0.4, 0.5) is 4.79 Å². The lowest BCUT2D eigenvalue weighted by Crippen LogP contribution is -2.42. The van der Waals surface area contributed by atoms with E-state index in [9.17, 15) is 14.7 Å². The van der Waals surface area contributed by atoms with Gasteiger partial charge in [-0.1, -0.05) is 37.3 Å². The molecule has 1 aliphatic heterocycles. The summed E-state index contributed by atoms with van der Waals surface area (Å²) in [6.07, 6.45) is 1.82. The minimum absolute atomic E-state index is 0.0396. The summed E-state index contributed by atoms with van der Waals surface area (Å²) in [7, 11) is 0. The molecule has 0 saturated carbocycles. The fraction of sp³-hybridized carbons (Fsp3) is 0.235. The van der Waals surface area contributed by atoms with Crippen molar-refractivity contribution in [3.05, 3.63) is 42.0 Å². The van der Waals surface area contributed by atoms with E-state index in [0.717, 1.165) is 15.8 Å². The minimum Gasteiger partial charge on any atom is -0.507 e. The van der Waals surface area contributed by atoms with Crippen molar-refractivity contribution >= 4 is 28.9 Å². The van der Waals surface area contributed by atoms with E-state index in [2.05, 4.69) is 10.4 Å². The Bertz CT molecular complexity index is 831. The number of fused-ring (bicyclic) bond motifs is 1. The largest absolute Gasteiger partial charge is 0.507 e. The van der Waals surface area contributed by atoms with Gasteiger partial charge in [-0.15, -0.1) is 5.01 Å². The fourth-order valence-corrected chi connectivity index (χ4v) is 2.55. The third kappa shape index (κ3) is 2.42. The molecule has 2 N–H and O–H groups in total. The van der Waals surface area contributed by atoms with Crippen LogP contribution in [0, 0.1) is 0 Å². The number of imide groups is 1. The second-order valence-electron chi connectivity index (χ2n) is 5.70. The van der Waals surface area contributed by atoms with Gasteiger partial charge in [-0.3, -0.25) is 4.79 Å². The van der Waals surface area contributed by atoms with Gasteiger partial charge in [0, 0.05) is 5.56 Å². The van der Waals surface area contributed by atoms with E-state index in [1.165, 1.54) is 6.21 Å². The van der Waals surface area contributed by atoms with E-state index in [1.54, 1.807) is 19.1 Å². The topological polar surface area (TPSA) is 82.0 Å². The SMILES string of the molecule is CC[C@]1(C)NC(=O)N(/N=C/c2c(O)ccc3ccccc23)C1=O. The molecule has 2 aromatic rings. The molecule has 1 aliphatic rings. The summed E-state index contributed by atoms with van der Waals surface area (Å²) in [5.41, 5.74) is -0.469. The number of nitrogens with zero attached hydrogens (tertiary/aromatic N) is 2. The lowest BCUT2D eigenvalue weighted by Gasteiger charge is -2.17. The van der Waals surface area contributed by atoms with Crippen molar-refractivity contribution in [2.75, 3.05) is 0 Å². The first-order valence-electron chi connectivity index (χ1n) is 7.37. The van der Waals surface area contributed by atoms with Crippen LogP contribution >= 0.6 is 0 Å². The molecular weight excluding hydrogens is 294 g/mol. The number of benzene rings is 2. The predicted octanol–water partition coefficient (Wildman–Crippen LogP) is 2.60. The smallest absolute Gasteiger partial charge is 0.346 e. The molecule has 1 fully saturated rings. The number of hydrogen-bond acceptors (Lipinski definition) is 4. The Morgan fingerprint density at radius 2 is 2.00 bits per heavy atom. The van der Waals surface area contributed by atoms with Crippen LogP contribution in [-0.4, -0.2) is 33.8 Å². The molecule has 0 bridgehead atoms.